The molecule has 0 spiro atoms. The molecule has 0 bridgehead atoms. The molecule has 5 nitrogen and oxygen atoms in total. The second-order valence-corrected chi connectivity index (χ2v) is 9.36. The molecule has 0 saturated heterocycles. The van der Waals surface area contributed by atoms with Crippen molar-refractivity contribution in [3.8, 4) is 17.6 Å². The van der Waals surface area contributed by atoms with Gasteiger partial charge >= 0.3 is 0 Å². The number of anilines is 1. The van der Waals surface area contributed by atoms with Crippen LogP contribution >= 0.6 is 0 Å². The van der Waals surface area contributed by atoms with Crippen molar-refractivity contribution in [2.24, 2.45) is 0 Å². The quantitative estimate of drug-likeness (QED) is 0.157. The molecule has 5 aromatic rings. The number of nitriles is 1. The van der Waals surface area contributed by atoms with Crippen LogP contribution in [0.4, 0.5) is 5.69 Å². The highest BCUT2D eigenvalue weighted by Crippen LogP contribution is 2.25. The number of rotatable bonds is 9. The summed E-state index contributed by atoms with van der Waals surface area (Å²) in [5, 5.41) is 14.7. The molecule has 0 radical (unpaired) electrons. The molecule has 0 unspecified atom stereocenters. The van der Waals surface area contributed by atoms with E-state index >= 15 is 0 Å². The fraction of sp³-hybridized carbons (Fsp3) is 0.0857. The van der Waals surface area contributed by atoms with Gasteiger partial charge in [0.25, 0.3) is 5.91 Å². The van der Waals surface area contributed by atoms with Gasteiger partial charge in [0.05, 0.1) is 0 Å². The van der Waals surface area contributed by atoms with Gasteiger partial charge in [-0.3, -0.25) is 4.79 Å². The average molecular weight is 525 g/mol. The molecule has 0 saturated carbocycles. The Labute approximate surface area is 233 Å². The van der Waals surface area contributed by atoms with Crippen molar-refractivity contribution in [2.75, 3.05) is 5.32 Å². The molecule has 0 aromatic heterocycles. The van der Waals surface area contributed by atoms with Crippen molar-refractivity contribution in [3.05, 3.63) is 143 Å². The molecule has 0 heterocycles. The highest BCUT2D eigenvalue weighted by Gasteiger charge is 2.10. The number of fused-ring (bicyclic) bond motifs is 1. The van der Waals surface area contributed by atoms with Crippen LogP contribution in [0.25, 0.3) is 16.8 Å². The van der Waals surface area contributed by atoms with E-state index in [0.29, 0.717) is 30.4 Å². The van der Waals surface area contributed by atoms with Gasteiger partial charge in [-0.1, -0.05) is 78.9 Å². The van der Waals surface area contributed by atoms with Gasteiger partial charge < -0.3 is 14.8 Å². The molecule has 1 amide bonds. The van der Waals surface area contributed by atoms with Crippen molar-refractivity contribution in [3.63, 3.8) is 0 Å². The first kappa shape index (κ1) is 26.3. The molecule has 0 fully saturated rings. The van der Waals surface area contributed by atoms with E-state index in [1.165, 1.54) is 16.3 Å². The zero-order chi connectivity index (χ0) is 27.7. The summed E-state index contributed by atoms with van der Waals surface area (Å²) < 4.78 is 11.9. The fourth-order valence-corrected chi connectivity index (χ4v) is 4.34. The van der Waals surface area contributed by atoms with Crippen molar-refractivity contribution in [2.45, 2.75) is 20.1 Å². The first-order valence-electron chi connectivity index (χ1n) is 13.0. The van der Waals surface area contributed by atoms with Crippen LogP contribution < -0.4 is 14.8 Å². The number of hydrogen-bond donors (Lipinski definition) is 1. The molecule has 196 valence electrons. The first-order valence-corrected chi connectivity index (χ1v) is 13.0. The standard InChI is InChI=1S/C35H28N2O3/c1-25-11-14-28-9-5-6-10-33(28)34(25)24-40-31-17-12-26(13-18-31)21-29(22-36)35(38)37-30-15-19-32(20-16-30)39-23-27-7-3-2-4-8-27/h2-21H,23-24H2,1H3,(H,37,38)/b29-21+. The van der Waals surface area contributed by atoms with Crippen LogP contribution in [0.15, 0.2) is 121 Å². The van der Waals surface area contributed by atoms with E-state index in [2.05, 4.69) is 36.5 Å². The Hall–Kier alpha value is -5.34. The molecule has 40 heavy (non-hydrogen) atoms. The van der Waals surface area contributed by atoms with Gasteiger partial charge in [-0.15, -0.1) is 0 Å². The van der Waals surface area contributed by atoms with Gasteiger partial charge in [-0.25, -0.2) is 0 Å². The maximum Gasteiger partial charge on any atom is 0.266 e. The maximum atomic E-state index is 12.8. The minimum atomic E-state index is -0.479. The van der Waals surface area contributed by atoms with Crippen LogP contribution in [0.3, 0.4) is 0 Å². The summed E-state index contributed by atoms with van der Waals surface area (Å²) in [5.74, 6) is 0.921. The summed E-state index contributed by atoms with van der Waals surface area (Å²) in [6.07, 6.45) is 1.56. The lowest BCUT2D eigenvalue weighted by Gasteiger charge is -2.12. The van der Waals surface area contributed by atoms with Crippen LogP contribution in [-0.4, -0.2) is 5.91 Å². The molecule has 0 aliphatic heterocycles. The zero-order valence-corrected chi connectivity index (χ0v) is 22.1. The number of carbonyl (C=O) groups excluding carboxylic acids is 1. The monoisotopic (exact) mass is 524 g/mol. The van der Waals surface area contributed by atoms with E-state index in [0.717, 1.165) is 16.7 Å². The summed E-state index contributed by atoms with van der Waals surface area (Å²) in [6, 6.07) is 38.8. The number of carbonyl (C=O) groups is 1. The minimum absolute atomic E-state index is 0.00412. The Balaban J connectivity index is 1.19. The van der Waals surface area contributed by atoms with Gasteiger partial charge in [0, 0.05) is 11.3 Å². The van der Waals surface area contributed by atoms with E-state index in [-0.39, 0.29) is 5.57 Å². The maximum absolute atomic E-state index is 12.8. The zero-order valence-electron chi connectivity index (χ0n) is 22.1. The molecule has 5 heteroatoms. The van der Waals surface area contributed by atoms with E-state index < -0.39 is 5.91 Å². The van der Waals surface area contributed by atoms with Crippen LogP contribution in [0.5, 0.6) is 11.5 Å². The summed E-state index contributed by atoms with van der Waals surface area (Å²) >= 11 is 0. The molecular formula is C35H28N2O3. The normalized spacial score (nSPS) is 11.1. The number of benzene rings is 5. The largest absolute Gasteiger partial charge is 0.489 e. The lowest BCUT2D eigenvalue weighted by molar-refractivity contribution is -0.112. The van der Waals surface area contributed by atoms with Gasteiger partial charge in [0.2, 0.25) is 0 Å². The minimum Gasteiger partial charge on any atom is -0.489 e. The number of nitrogens with zero attached hydrogens (tertiary/aromatic N) is 1. The third-order valence-electron chi connectivity index (χ3n) is 6.57. The highest BCUT2D eigenvalue weighted by atomic mass is 16.5. The highest BCUT2D eigenvalue weighted by molar-refractivity contribution is 6.09. The van der Waals surface area contributed by atoms with Crippen LogP contribution in [0, 0.1) is 18.3 Å². The lowest BCUT2D eigenvalue weighted by Crippen LogP contribution is -2.13. The van der Waals surface area contributed by atoms with Crippen molar-refractivity contribution in [1.82, 2.24) is 0 Å². The molecular weight excluding hydrogens is 496 g/mol. The number of nitrogens with one attached hydrogen (secondary N) is 1. The average Bonchev–Trinajstić information content (AvgIpc) is 3.00. The Morgan fingerprint density at radius 3 is 2.15 bits per heavy atom. The van der Waals surface area contributed by atoms with Gasteiger partial charge in [-0.05, 0) is 76.9 Å². The Kier molecular flexibility index (Phi) is 8.19. The smallest absolute Gasteiger partial charge is 0.266 e. The number of ether oxygens (including phenoxy) is 2. The van der Waals surface area contributed by atoms with Crippen LogP contribution in [-0.2, 0) is 18.0 Å². The molecule has 0 aliphatic rings. The topological polar surface area (TPSA) is 71.3 Å². The SMILES string of the molecule is Cc1ccc2ccccc2c1COc1ccc(/C=C(\C#N)C(=O)Nc2ccc(OCc3ccccc3)cc2)cc1. The Morgan fingerprint density at radius 1 is 0.775 bits per heavy atom. The summed E-state index contributed by atoms with van der Waals surface area (Å²) in [6.45, 7) is 2.99. The summed E-state index contributed by atoms with van der Waals surface area (Å²) in [4.78, 5) is 12.8. The van der Waals surface area contributed by atoms with Crippen LogP contribution in [0.2, 0.25) is 0 Å². The number of hydrogen-bond acceptors (Lipinski definition) is 4. The summed E-state index contributed by atoms with van der Waals surface area (Å²) in [5.41, 5.74) is 4.71. The van der Waals surface area contributed by atoms with E-state index in [1.54, 1.807) is 30.3 Å². The molecule has 5 rings (SSSR count). The second kappa shape index (κ2) is 12.5. The number of amides is 1. The summed E-state index contributed by atoms with van der Waals surface area (Å²) in [7, 11) is 0. The van der Waals surface area contributed by atoms with E-state index in [1.807, 2.05) is 72.8 Å². The molecule has 0 atom stereocenters. The van der Waals surface area contributed by atoms with Crippen molar-refractivity contribution in [1.29, 1.82) is 5.26 Å². The van der Waals surface area contributed by atoms with Gasteiger partial charge in [-0.2, -0.15) is 5.26 Å². The molecule has 5 aromatic carbocycles. The van der Waals surface area contributed by atoms with Crippen molar-refractivity contribution >= 4 is 28.4 Å². The fourth-order valence-electron chi connectivity index (χ4n) is 4.34. The number of aryl methyl sites for hydroxylation is 1. The van der Waals surface area contributed by atoms with Gasteiger partial charge in [0.1, 0.15) is 36.4 Å². The first-order chi connectivity index (χ1) is 19.6. The van der Waals surface area contributed by atoms with Gasteiger partial charge in [0.15, 0.2) is 0 Å². The Bertz CT molecular complexity index is 1680. The third-order valence-corrected chi connectivity index (χ3v) is 6.57. The predicted molar refractivity (Wildman–Crippen MR) is 159 cm³/mol. The van der Waals surface area contributed by atoms with Crippen LogP contribution in [0.1, 0.15) is 22.3 Å². The molecule has 0 aliphatic carbocycles. The molecule has 1 N–H and O–H groups in total. The lowest BCUT2D eigenvalue weighted by atomic mass is 10.0. The third kappa shape index (κ3) is 6.56. The van der Waals surface area contributed by atoms with E-state index in [9.17, 15) is 10.1 Å². The second-order valence-electron chi connectivity index (χ2n) is 9.36. The van der Waals surface area contributed by atoms with Crippen molar-refractivity contribution < 1.29 is 14.3 Å². The Morgan fingerprint density at radius 2 is 1.43 bits per heavy atom. The predicted octanol–water partition coefficient (Wildman–Crippen LogP) is 7.85. The van der Waals surface area contributed by atoms with E-state index in [4.69, 9.17) is 9.47 Å².